The van der Waals surface area contributed by atoms with Crippen LogP contribution in [0.4, 0.5) is 5.69 Å². The molecule has 1 fully saturated rings. The zero-order valence-corrected chi connectivity index (χ0v) is 16.1. The highest BCUT2D eigenvalue weighted by Gasteiger charge is 2.22. The summed E-state index contributed by atoms with van der Waals surface area (Å²) in [5, 5.41) is 5.17. The molecular weight excluding hydrogens is 342 g/mol. The third kappa shape index (κ3) is 3.65. The number of ether oxygens (including phenoxy) is 1. The molecule has 1 aromatic carbocycles. The van der Waals surface area contributed by atoms with Crippen molar-refractivity contribution >= 4 is 16.6 Å². The van der Waals surface area contributed by atoms with E-state index >= 15 is 0 Å². The van der Waals surface area contributed by atoms with Crippen molar-refractivity contribution in [2.45, 2.75) is 27.0 Å². The number of hydrogen-bond acceptors (Lipinski definition) is 7. The highest BCUT2D eigenvalue weighted by atomic mass is 16.5. The molecule has 7 nitrogen and oxygen atoms in total. The summed E-state index contributed by atoms with van der Waals surface area (Å²) in [5.41, 5.74) is 4.85. The molecule has 2 aromatic heterocycles. The maximum absolute atomic E-state index is 5.32. The van der Waals surface area contributed by atoms with Gasteiger partial charge in [-0.3, -0.25) is 9.88 Å². The number of para-hydroxylation sites is 1. The Balaban J connectivity index is 1.47. The fraction of sp³-hybridized carbons (Fsp3) is 0.450. The standard InChI is InChI=1S/C20H25N5O2/c1-14-5-4-6-16-19(14)21-11-15(2)20(16)25-9-7-24(8-10-25)12-18-22-17(13-26-3)23-27-18/h4-6,11H,7-10,12-13H2,1-3H3. The topological polar surface area (TPSA) is 67.5 Å². The Hall–Kier alpha value is -2.51. The Labute approximate surface area is 158 Å². The van der Waals surface area contributed by atoms with Crippen LogP contribution in [0.3, 0.4) is 0 Å². The van der Waals surface area contributed by atoms with Crippen molar-refractivity contribution in [2.24, 2.45) is 0 Å². The first kappa shape index (κ1) is 17.9. The molecule has 142 valence electrons. The molecule has 27 heavy (non-hydrogen) atoms. The first-order valence-corrected chi connectivity index (χ1v) is 9.28. The number of benzene rings is 1. The largest absolute Gasteiger partial charge is 0.377 e. The molecule has 0 unspecified atom stereocenters. The molecule has 0 saturated carbocycles. The fourth-order valence-corrected chi connectivity index (χ4v) is 3.74. The van der Waals surface area contributed by atoms with Gasteiger partial charge in [0.1, 0.15) is 6.61 Å². The number of nitrogens with zero attached hydrogens (tertiary/aromatic N) is 5. The second kappa shape index (κ2) is 7.62. The lowest BCUT2D eigenvalue weighted by molar-refractivity contribution is 0.174. The van der Waals surface area contributed by atoms with Gasteiger partial charge in [-0.2, -0.15) is 4.98 Å². The van der Waals surface area contributed by atoms with Crippen molar-refractivity contribution in [1.29, 1.82) is 0 Å². The summed E-state index contributed by atoms with van der Waals surface area (Å²) in [7, 11) is 1.63. The van der Waals surface area contributed by atoms with Gasteiger partial charge in [-0.1, -0.05) is 23.4 Å². The number of aromatic nitrogens is 3. The summed E-state index contributed by atoms with van der Waals surface area (Å²) in [5.74, 6) is 1.25. The van der Waals surface area contributed by atoms with E-state index in [0.29, 0.717) is 24.9 Å². The average Bonchev–Trinajstić information content (AvgIpc) is 3.10. The van der Waals surface area contributed by atoms with Crippen LogP contribution in [0.15, 0.2) is 28.9 Å². The quantitative estimate of drug-likeness (QED) is 0.687. The first-order chi connectivity index (χ1) is 13.2. The van der Waals surface area contributed by atoms with Gasteiger partial charge in [-0.25, -0.2) is 0 Å². The fourth-order valence-electron chi connectivity index (χ4n) is 3.74. The van der Waals surface area contributed by atoms with E-state index in [1.54, 1.807) is 7.11 Å². The van der Waals surface area contributed by atoms with Gasteiger partial charge in [0.25, 0.3) is 0 Å². The minimum Gasteiger partial charge on any atom is -0.377 e. The molecule has 1 aliphatic heterocycles. The minimum absolute atomic E-state index is 0.380. The summed E-state index contributed by atoms with van der Waals surface area (Å²) in [6.07, 6.45) is 1.99. The summed E-state index contributed by atoms with van der Waals surface area (Å²) in [6, 6.07) is 6.42. The minimum atomic E-state index is 0.380. The number of piperazine rings is 1. The second-order valence-electron chi connectivity index (χ2n) is 7.06. The van der Waals surface area contributed by atoms with E-state index in [2.05, 4.69) is 57.0 Å². The molecular formula is C20H25N5O2. The van der Waals surface area contributed by atoms with E-state index in [9.17, 15) is 0 Å². The Kier molecular flexibility index (Phi) is 5.05. The molecule has 0 radical (unpaired) electrons. The Morgan fingerprint density at radius 1 is 1.11 bits per heavy atom. The molecule has 4 rings (SSSR count). The van der Waals surface area contributed by atoms with E-state index < -0.39 is 0 Å². The van der Waals surface area contributed by atoms with E-state index in [4.69, 9.17) is 9.26 Å². The highest BCUT2D eigenvalue weighted by Crippen LogP contribution is 2.31. The van der Waals surface area contributed by atoms with Crippen molar-refractivity contribution in [3.63, 3.8) is 0 Å². The Morgan fingerprint density at radius 3 is 2.70 bits per heavy atom. The van der Waals surface area contributed by atoms with Crippen molar-refractivity contribution in [3.8, 4) is 0 Å². The number of hydrogen-bond donors (Lipinski definition) is 0. The van der Waals surface area contributed by atoms with Crippen LogP contribution < -0.4 is 4.90 Å². The monoisotopic (exact) mass is 367 g/mol. The lowest BCUT2D eigenvalue weighted by Gasteiger charge is -2.36. The molecule has 0 bridgehead atoms. The van der Waals surface area contributed by atoms with Crippen LogP contribution >= 0.6 is 0 Å². The van der Waals surface area contributed by atoms with Gasteiger partial charge in [0, 0.05) is 44.9 Å². The number of anilines is 1. The molecule has 1 saturated heterocycles. The van der Waals surface area contributed by atoms with Crippen molar-refractivity contribution < 1.29 is 9.26 Å². The predicted molar refractivity (Wildman–Crippen MR) is 104 cm³/mol. The lowest BCUT2D eigenvalue weighted by Crippen LogP contribution is -2.46. The molecule has 3 heterocycles. The summed E-state index contributed by atoms with van der Waals surface area (Å²) >= 11 is 0. The maximum Gasteiger partial charge on any atom is 0.240 e. The average molecular weight is 367 g/mol. The van der Waals surface area contributed by atoms with Crippen LogP contribution in [0, 0.1) is 13.8 Å². The predicted octanol–water partition coefficient (Wildman–Crippen LogP) is 2.70. The summed E-state index contributed by atoms with van der Waals surface area (Å²) < 4.78 is 10.4. The highest BCUT2D eigenvalue weighted by molar-refractivity contribution is 5.95. The molecule has 0 atom stereocenters. The van der Waals surface area contributed by atoms with Gasteiger partial charge in [0.15, 0.2) is 5.82 Å². The summed E-state index contributed by atoms with van der Waals surface area (Å²) in [6.45, 7) is 9.17. The summed E-state index contributed by atoms with van der Waals surface area (Å²) in [4.78, 5) is 13.8. The molecule has 1 aliphatic rings. The number of fused-ring (bicyclic) bond motifs is 1. The van der Waals surface area contributed by atoms with Crippen molar-refractivity contribution in [3.05, 3.63) is 47.2 Å². The van der Waals surface area contributed by atoms with Crippen molar-refractivity contribution in [1.82, 2.24) is 20.0 Å². The maximum atomic E-state index is 5.32. The van der Waals surface area contributed by atoms with E-state index in [0.717, 1.165) is 31.7 Å². The molecule has 0 N–H and O–H groups in total. The van der Waals surface area contributed by atoms with Crippen LogP contribution in [0.1, 0.15) is 22.8 Å². The van der Waals surface area contributed by atoms with E-state index in [1.807, 2.05) is 6.20 Å². The molecule has 7 heteroatoms. The van der Waals surface area contributed by atoms with Gasteiger partial charge in [0.2, 0.25) is 5.89 Å². The normalized spacial score (nSPS) is 15.6. The zero-order chi connectivity index (χ0) is 18.8. The number of rotatable bonds is 5. The lowest BCUT2D eigenvalue weighted by atomic mass is 10.1. The van der Waals surface area contributed by atoms with E-state index in [1.165, 1.54) is 22.2 Å². The van der Waals surface area contributed by atoms with Gasteiger partial charge in [-0.15, -0.1) is 0 Å². The van der Waals surface area contributed by atoms with Crippen LogP contribution in [-0.2, 0) is 17.9 Å². The number of methoxy groups -OCH3 is 1. The first-order valence-electron chi connectivity index (χ1n) is 9.28. The molecule has 0 spiro atoms. The van der Waals surface area contributed by atoms with Crippen LogP contribution in [0.25, 0.3) is 10.9 Å². The zero-order valence-electron chi connectivity index (χ0n) is 16.1. The second-order valence-corrected chi connectivity index (χ2v) is 7.06. The molecule has 0 amide bonds. The SMILES string of the molecule is COCc1noc(CN2CCN(c3c(C)cnc4c(C)cccc34)CC2)n1. The Morgan fingerprint density at radius 2 is 1.93 bits per heavy atom. The molecule has 0 aliphatic carbocycles. The Bertz CT molecular complexity index is 931. The van der Waals surface area contributed by atoms with Crippen molar-refractivity contribution in [2.75, 3.05) is 38.2 Å². The van der Waals surface area contributed by atoms with Crippen LogP contribution in [0.5, 0.6) is 0 Å². The van der Waals surface area contributed by atoms with Crippen LogP contribution in [-0.4, -0.2) is 53.3 Å². The number of pyridine rings is 1. The van der Waals surface area contributed by atoms with Gasteiger partial charge < -0.3 is 14.2 Å². The van der Waals surface area contributed by atoms with Crippen LogP contribution in [0.2, 0.25) is 0 Å². The van der Waals surface area contributed by atoms with E-state index in [-0.39, 0.29) is 0 Å². The van der Waals surface area contributed by atoms with Gasteiger partial charge in [-0.05, 0) is 25.0 Å². The van der Waals surface area contributed by atoms with Gasteiger partial charge >= 0.3 is 0 Å². The molecule has 3 aromatic rings. The number of aryl methyl sites for hydroxylation is 2. The third-order valence-electron chi connectivity index (χ3n) is 5.08. The third-order valence-corrected chi connectivity index (χ3v) is 5.08. The smallest absolute Gasteiger partial charge is 0.240 e. The van der Waals surface area contributed by atoms with Gasteiger partial charge in [0.05, 0.1) is 17.7 Å².